The summed E-state index contributed by atoms with van der Waals surface area (Å²) in [5.41, 5.74) is 1.16. The van der Waals surface area contributed by atoms with E-state index in [2.05, 4.69) is 14.9 Å². The van der Waals surface area contributed by atoms with Crippen LogP contribution in [0.25, 0.3) is 0 Å². The van der Waals surface area contributed by atoms with Gasteiger partial charge in [0.15, 0.2) is 0 Å². The first kappa shape index (κ1) is 13.7. The molecule has 2 fully saturated rings. The Morgan fingerprint density at radius 1 is 1.25 bits per heavy atom. The second-order valence-electron chi connectivity index (χ2n) is 6.34. The Balaban J connectivity index is 1.42. The van der Waals surface area contributed by atoms with Crippen molar-refractivity contribution >= 4 is 5.91 Å². The Hall–Kier alpha value is -1.32. The predicted molar refractivity (Wildman–Crippen MR) is 78.3 cm³/mol. The summed E-state index contributed by atoms with van der Waals surface area (Å²) in [5.74, 6) is 1.72. The molecule has 1 N–H and O–H groups in total. The number of amides is 1. The number of piperidine rings is 1. The van der Waals surface area contributed by atoms with E-state index in [-0.39, 0.29) is 0 Å². The number of H-pyrrole nitrogens is 1. The number of nitrogens with one attached hydrogen (secondary N) is 1. The SMILES string of the molecule is O=C(CCC1CCCC1)N1CCC(c2c[nH]cn2)CC1. The molecule has 20 heavy (non-hydrogen) atoms. The van der Waals surface area contributed by atoms with Crippen LogP contribution >= 0.6 is 0 Å². The highest BCUT2D eigenvalue weighted by molar-refractivity contribution is 5.76. The Labute approximate surface area is 121 Å². The summed E-state index contributed by atoms with van der Waals surface area (Å²) >= 11 is 0. The fourth-order valence-electron chi connectivity index (χ4n) is 3.70. The number of aromatic nitrogens is 2. The molecule has 110 valence electrons. The minimum Gasteiger partial charge on any atom is -0.351 e. The maximum atomic E-state index is 12.3. The molecule has 1 aromatic heterocycles. The van der Waals surface area contributed by atoms with Crippen LogP contribution in [0.4, 0.5) is 0 Å². The molecule has 0 spiro atoms. The van der Waals surface area contributed by atoms with Gasteiger partial charge in [0, 0.05) is 31.6 Å². The number of hydrogen-bond donors (Lipinski definition) is 1. The Morgan fingerprint density at radius 3 is 2.65 bits per heavy atom. The van der Waals surface area contributed by atoms with E-state index in [0.29, 0.717) is 11.8 Å². The second kappa shape index (κ2) is 6.42. The lowest BCUT2D eigenvalue weighted by Gasteiger charge is -2.31. The zero-order valence-electron chi connectivity index (χ0n) is 12.2. The molecule has 0 radical (unpaired) electrons. The minimum atomic E-state index is 0.373. The molecule has 1 aromatic rings. The topological polar surface area (TPSA) is 49.0 Å². The van der Waals surface area contributed by atoms with Crippen LogP contribution in [-0.4, -0.2) is 33.9 Å². The van der Waals surface area contributed by atoms with E-state index in [1.54, 1.807) is 6.33 Å². The molecular weight excluding hydrogens is 250 g/mol. The molecule has 4 heteroatoms. The summed E-state index contributed by atoms with van der Waals surface area (Å²) in [6, 6.07) is 0. The standard InChI is InChI=1S/C16H25N3O/c20-16(6-5-13-3-1-2-4-13)19-9-7-14(8-10-19)15-11-17-12-18-15/h11-14H,1-10H2,(H,17,18). The van der Waals surface area contributed by atoms with Crippen LogP contribution < -0.4 is 0 Å². The van der Waals surface area contributed by atoms with E-state index in [9.17, 15) is 4.79 Å². The molecule has 1 saturated heterocycles. The normalized spacial score (nSPS) is 21.5. The highest BCUT2D eigenvalue weighted by atomic mass is 16.2. The third-order valence-corrected chi connectivity index (χ3v) is 5.03. The molecule has 1 amide bonds. The lowest BCUT2D eigenvalue weighted by atomic mass is 9.93. The first-order valence-corrected chi connectivity index (χ1v) is 8.09. The Bertz CT molecular complexity index is 415. The summed E-state index contributed by atoms with van der Waals surface area (Å²) in [6.45, 7) is 1.81. The van der Waals surface area contributed by atoms with Crippen molar-refractivity contribution in [1.29, 1.82) is 0 Å². The van der Waals surface area contributed by atoms with Gasteiger partial charge in [-0.15, -0.1) is 0 Å². The zero-order valence-corrected chi connectivity index (χ0v) is 12.2. The van der Waals surface area contributed by atoms with Gasteiger partial charge in [0.2, 0.25) is 5.91 Å². The summed E-state index contributed by atoms with van der Waals surface area (Å²) in [4.78, 5) is 21.7. The molecule has 0 aromatic carbocycles. The van der Waals surface area contributed by atoms with Gasteiger partial charge in [-0.2, -0.15) is 0 Å². The lowest BCUT2D eigenvalue weighted by molar-refractivity contribution is -0.132. The maximum Gasteiger partial charge on any atom is 0.222 e. The van der Waals surface area contributed by atoms with Crippen LogP contribution in [0.2, 0.25) is 0 Å². The first-order chi connectivity index (χ1) is 9.83. The smallest absolute Gasteiger partial charge is 0.222 e. The molecule has 2 heterocycles. The van der Waals surface area contributed by atoms with E-state index in [4.69, 9.17) is 0 Å². The number of carbonyl (C=O) groups is 1. The Morgan fingerprint density at radius 2 is 2.00 bits per heavy atom. The molecule has 0 atom stereocenters. The number of imidazole rings is 1. The van der Waals surface area contributed by atoms with Gasteiger partial charge in [-0.3, -0.25) is 4.79 Å². The quantitative estimate of drug-likeness (QED) is 0.918. The van der Waals surface area contributed by atoms with E-state index in [1.807, 2.05) is 6.20 Å². The van der Waals surface area contributed by atoms with Crippen LogP contribution in [0.1, 0.15) is 63.0 Å². The van der Waals surface area contributed by atoms with Gasteiger partial charge in [0.05, 0.1) is 12.0 Å². The largest absolute Gasteiger partial charge is 0.351 e. The molecule has 1 aliphatic carbocycles. The molecule has 1 aliphatic heterocycles. The van der Waals surface area contributed by atoms with E-state index >= 15 is 0 Å². The van der Waals surface area contributed by atoms with Gasteiger partial charge in [-0.25, -0.2) is 4.98 Å². The summed E-state index contributed by atoms with van der Waals surface area (Å²) < 4.78 is 0. The monoisotopic (exact) mass is 275 g/mol. The second-order valence-corrected chi connectivity index (χ2v) is 6.34. The average molecular weight is 275 g/mol. The average Bonchev–Trinajstić information content (AvgIpc) is 3.18. The van der Waals surface area contributed by atoms with Crippen LogP contribution in [-0.2, 0) is 4.79 Å². The number of carbonyl (C=O) groups excluding carboxylic acids is 1. The van der Waals surface area contributed by atoms with Gasteiger partial charge < -0.3 is 9.88 Å². The summed E-state index contributed by atoms with van der Waals surface area (Å²) in [7, 11) is 0. The Kier molecular flexibility index (Phi) is 4.38. The third-order valence-electron chi connectivity index (χ3n) is 5.03. The first-order valence-electron chi connectivity index (χ1n) is 8.09. The van der Waals surface area contributed by atoms with E-state index < -0.39 is 0 Å². The van der Waals surface area contributed by atoms with Crippen LogP contribution in [0.5, 0.6) is 0 Å². The summed E-state index contributed by atoms with van der Waals surface area (Å²) in [6.07, 6.45) is 13.1. The van der Waals surface area contributed by atoms with E-state index in [1.165, 1.54) is 25.7 Å². The number of rotatable bonds is 4. The van der Waals surface area contributed by atoms with Gasteiger partial charge in [0.1, 0.15) is 0 Å². The molecule has 2 aliphatic rings. The van der Waals surface area contributed by atoms with E-state index in [0.717, 1.165) is 50.4 Å². The number of hydrogen-bond acceptors (Lipinski definition) is 2. The summed E-state index contributed by atoms with van der Waals surface area (Å²) in [5, 5.41) is 0. The van der Waals surface area contributed by atoms with Crippen LogP contribution in [0.3, 0.4) is 0 Å². The third kappa shape index (κ3) is 3.22. The highest BCUT2D eigenvalue weighted by Gasteiger charge is 2.25. The fraction of sp³-hybridized carbons (Fsp3) is 0.750. The highest BCUT2D eigenvalue weighted by Crippen LogP contribution is 2.30. The number of likely N-dealkylation sites (tertiary alicyclic amines) is 1. The van der Waals surface area contributed by atoms with Crippen molar-refractivity contribution in [3.63, 3.8) is 0 Å². The molecular formula is C16H25N3O. The van der Waals surface area contributed by atoms with Gasteiger partial charge in [-0.05, 0) is 25.2 Å². The van der Waals surface area contributed by atoms with Crippen LogP contribution in [0.15, 0.2) is 12.5 Å². The zero-order chi connectivity index (χ0) is 13.8. The van der Waals surface area contributed by atoms with Gasteiger partial charge in [-0.1, -0.05) is 25.7 Å². The predicted octanol–water partition coefficient (Wildman–Crippen LogP) is 3.09. The van der Waals surface area contributed by atoms with Crippen molar-refractivity contribution in [2.75, 3.05) is 13.1 Å². The molecule has 0 unspecified atom stereocenters. The number of aromatic amines is 1. The molecule has 0 bridgehead atoms. The molecule has 3 rings (SSSR count). The fourth-order valence-corrected chi connectivity index (χ4v) is 3.70. The van der Waals surface area contributed by atoms with Crippen molar-refractivity contribution in [3.8, 4) is 0 Å². The van der Waals surface area contributed by atoms with Crippen molar-refractivity contribution in [1.82, 2.24) is 14.9 Å². The number of nitrogens with zero attached hydrogens (tertiary/aromatic N) is 2. The van der Waals surface area contributed by atoms with Crippen LogP contribution in [0, 0.1) is 5.92 Å². The van der Waals surface area contributed by atoms with Crippen molar-refractivity contribution in [2.45, 2.75) is 57.3 Å². The minimum absolute atomic E-state index is 0.373. The lowest BCUT2D eigenvalue weighted by Crippen LogP contribution is -2.38. The van der Waals surface area contributed by atoms with Crippen molar-refractivity contribution < 1.29 is 4.79 Å². The van der Waals surface area contributed by atoms with Gasteiger partial charge in [0.25, 0.3) is 0 Å². The molecule has 1 saturated carbocycles. The van der Waals surface area contributed by atoms with Crippen molar-refractivity contribution in [3.05, 3.63) is 18.2 Å². The maximum absolute atomic E-state index is 12.3. The molecule has 4 nitrogen and oxygen atoms in total. The van der Waals surface area contributed by atoms with Crippen molar-refractivity contribution in [2.24, 2.45) is 5.92 Å². The van der Waals surface area contributed by atoms with Gasteiger partial charge >= 0.3 is 0 Å².